The summed E-state index contributed by atoms with van der Waals surface area (Å²) in [4.78, 5) is 2.38. The normalized spacial score (nSPS) is 32.3. The maximum absolute atomic E-state index is 6.13. The first-order valence-electron chi connectivity index (χ1n) is 5.43. The molecule has 1 heterocycles. The van der Waals surface area contributed by atoms with E-state index in [1.807, 2.05) is 0 Å². The first-order valence-corrected chi connectivity index (χ1v) is 5.43. The van der Waals surface area contributed by atoms with Crippen LogP contribution in [0.4, 0.5) is 0 Å². The van der Waals surface area contributed by atoms with Gasteiger partial charge in [-0.05, 0) is 38.8 Å². The van der Waals surface area contributed by atoms with Crippen molar-refractivity contribution in [2.45, 2.75) is 31.3 Å². The zero-order chi connectivity index (χ0) is 9.26. The molecular formula is C10H21N3. The van der Waals surface area contributed by atoms with Gasteiger partial charge < -0.3 is 16.0 Å². The number of likely N-dealkylation sites (tertiary alicyclic amines) is 1. The van der Waals surface area contributed by atoms with Gasteiger partial charge in [-0.25, -0.2) is 0 Å². The fourth-order valence-electron chi connectivity index (χ4n) is 2.08. The Morgan fingerprint density at radius 2 is 2.23 bits per heavy atom. The van der Waals surface area contributed by atoms with Gasteiger partial charge in [0.1, 0.15) is 0 Å². The molecule has 3 heteroatoms. The molecule has 2 aliphatic rings. The second kappa shape index (κ2) is 3.95. The number of rotatable bonds is 4. The summed E-state index contributed by atoms with van der Waals surface area (Å²) < 4.78 is 0. The van der Waals surface area contributed by atoms with Crippen molar-refractivity contribution < 1.29 is 0 Å². The molecule has 2 fully saturated rings. The van der Waals surface area contributed by atoms with Gasteiger partial charge in [0.05, 0.1) is 0 Å². The Morgan fingerprint density at radius 1 is 1.46 bits per heavy atom. The lowest BCUT2D eigenvalue weighted by Crippen LogP contribution is -2.41. The summed E-state index contributed by atoms with van der Waals surface area (Å²) in [5.74, 6) is 0.719. The third-order valence-electron chi connectivity index (χ3n) is 3.25. The molecule has 1 aliphatic carbocycles. The number of hydrogen-bond acceptors (Lipinski definition) is 3. The minimum atomic E-state index is 0.366. The Labute approximate surface area is 80.7 Å². The Kier molecular flexibility index (Phi) is 2.86. The molecule has 3 N–H and O–H groups in total. The van der Waals surface area contributed by atoms with Crippen LogP contribution in [0.15, 0.2) is 0 Å². The van der Waals surface area contributed by atoms with Crippen LogP contribution in [0.25, 0.3) is 0 Å². The summed E-state index contributed by atoms with van der Waals surface area (Å²) in [6, 6.07) is 1.16. The van der Waals surface area contributed by atoms with E-state index in [1.54, 1.807) is 0 Å². The molecule has 1 saturated heterocycles. The van der Waals surface area contributed by atoms with E-state index in [9.17, 15) is 0 Å². The van der Waals surface area contributed by atoms with Crippen LogP contribution in [0.2, 0.25) is 0 Å². The van der Waals surface area contributed by atoms with Gasteiger partial charge in [0.25, 0.3) is 0 Å². The molecule has 13 heavy (non-hydrogen) atoms. The first kappa shape index (κ1) is 9.44. The second-order valence-electron chi connectivity index (χ2n) is 4.66. The number of hydrogen-bond donors (Lipinski definition) is 2. The molecule has 1 aliphatic heterocycles. The van der Waals surface area contributed by atoms with Crippen LogP contribution in [-0.4, -0.2) is 43.7 Å². The van der Waals surface area contributed by atoms with Crippen LogP contribution in [0, 0.1) is 5.92 Å². The standard InChI is InChI=1S/C10H21N3/c1-13-5-4-8(7-13)10(11)6-12-9-2-3-9/h8-10,12H,2-7,11H2,1H3. The Balaban J connectivity index is 1.66. The molecule has 3 nitrogen and oxygen atoms in total. The van der Waals surface area contributed by atoms with E-state index < -0.39 is 0 Å². The minimum absolute atomic E-state index is 0.366. The number of nitrogens with zero attached hydrogens (tertiary/aromatic N) is 1. The lowest BCUT2D eigenvalue weighted by molar-refractivity contribution is 0.362. The maximum Gasteiger partial charge on any atom is 0.0206 e. The molecule has 0 amide bonds. The lowest BCUT2D eigenvalue weighted by Gasteiger charge is -2.19. The van der Waals surface area contributed by atoms with E-state index in [-0.39, 0.29) is 0 Å². The predicted octanol–water partition coefficient (Wildman–Crippen LogP) is 0.0174. The van der Waals surface area contributed by atoms with Crippen molar-refractivity contribution in [2.75, 3.05) is 26.7 Å². The number of nitrogens with one attached hydrogen (secondary N) is 1. The van der Waals surface area contributed by atoms with Gasteiger partial charge in [-0.3, -0.25) is 0 Å². The second-order valence-corrected chi connectivity index (χ2v) is 4.66. The van der Waals surface area contributed by atoms with E-state index in [0.717, 1.165) is 18.5 Å². The van der Waals surface area contributed by atoms with Gasteiger partial charge in [0, 0.05) is 25.2 Å². The SMILES string of the molecule is CN1CCC(C(N)CNC2CC2)C1. The molecule has 2 atom stereocenters. The zero-order valence-corrected chi connectivity index (χ0v) is 8.50. The molecule has 0 aromatic carbocycles. The minimum Gasteiger partial charge on any atom is -0.326 e. The summed E-state index contributed by atoms with van der Waals surface area (Å²) >= 11 is 0. The summed E-state index contributed by atoms with van der Waals surface area (Å²) in [6.07, 6.45) is 4.00. The molecule has 1 saturated carbocycles. The molecule has 2 unspecified atom stereocenters. The fourth-order valence-corrected chi connectivity index (χ4v) is 2.08. The van der Waals surface area contributed by atoms with Crippen molar-refractivity contribution in [1.29, 1.82) is 0 Å². The predicted molar refractivity (Wildman–Crippen MR) is 54.6 cm³/mol. The molecule has 0 aromatic rings. The van der Waals surface area contributed by atoms with Gasteiger partial charge in [-0.1, -0.05) is 0 Å². The summed E-state index contributed by atoms with van der Waals surface area (Å²) in [5.41, 5.74) is 6.13. The smallest absolute Gasteiger partial charge is 0.0206 e. The highest BCUT2D eigenvalue weighted by Crippen LogP contribution is 2.20. The van der Waals surface area contributed by atoms with E-state index in [2.05, 4.69) is 17.3 Å². The van der Waals surface area contributed by atoms with Crippen LogP contribution in [0.3, 0.4) is 0 Å². The van der Waals surface area contributed by atoms with Crippen molar-refractivity contribution in [2.24, 2.45) is 11.7 Å². The Hall–Kier alpha value is -0.120. The molecule has 0 aromatic heterocycles. The molecule has 76 valence electrons. The maximum atomic E-state index is 6.13. The van der Waals surface area contributed by atoms with E-state index in [0.29, 0.717) is 6.04 Å². The van der Waals surface area contributed by atoms with Gasteiger partial charge in [0.15, 0.2) is 0 Å². The average Bonchev–Trinajstić information content (AvgIpc) is 2.84. The van der Waals surface area contributed by atoms with Crippen LogP contribution < -0.4 is 11.1 Å². The zero-order valence-electron chi connectivity index (χ0n) is 8.50. The lowest BCUT2D eigenvalue weighted by atomic mass is 10.00. The van der Waals surface area contributed by atoms with Gasteiger partial charge in [0.2, 0.25) is 0 Å². The van der Waals surface area contributed by atoms with Gasteiger partial charge in [-0.15, -0.1) is 0 Å². The monoisotopic (exact) mass is 183 g/mol. The van der Waals surface area contributed by atoms with Gasteiger partial charge >= 0.3 is 0 Å². The third kappa shape index (κ3) is 2.66. The van der Waals surface area contributed by atoms with E-state index in [4.69, 9.17) is 5.73 Å². The van der Waals surface area contributed by atoms with E-state index in [1.165, 1.54) is 32.4 Å². The van der Waals surface area contributed by atoms with E-state index >= 15 is 0 Å². The average molecular weight is 183 g/mol. The van der Waals surface area contributed by atoms with Crippen molar-refractivity contribution >= 4 is 0 Å². The molecule has 0 bridgehead atoms. The van der Waals surface area contributed by atoms with Crippen molar-refractivity contribution in [3.05, 3.63) is 0 Å². The van der Waals surface area contributed by atoms with Crippen LogP contribution in [-0.2, 0) is 0 Å². The van der Waals surface area contributed by atoms with Gasteiger partial charge in [-0.2, -0.15) is 0 Å². The first-order chi connectivity index (χ1) is 6.25. The molecule has 0 radical (unpaired) electrons. The van der Waals surface area contributed by atoms with Crippen LogP contribution >= 0.6 is 0 Å². The highest BCUT2D eigenvalue weighted by Gasteiger charge is 2.27. The highest BCUT2D eigenvalue weighted by molar-refractivity contribution is 4.87. The molecule has 2 rings (SSSR count). The topological polar surface area (TPSA) is 41.3 Å². The largest absolute Gasteiger partial charge is 0.326 e. The summed E-state index contributed by atoms with van der Waals surface area (Å²) in [6.45, 7) is 3.43. The quantitative estimate of drug-likeness (QED) is 0.645. The highest BCUT2D eigenvalue weighted by atomic mass is 15.1. The van der Waals surface area contributed by atoms with Crippen LogP contribution in [0.5, 0.6) is 0 Å². The molecule has 0 spiro atoms. The molecular weight excluding hydrogens is 162 g/mol. The fraction of sp³-hybridized carbons (Fsp3) is 1.00. The van der Waals surface area contributed by atoms with Crippen molar-refractivity contribution in [1.82, 2.24) is 10.2 Å². The van der Waals surface area contributed by atoms with Crippen molar-refractivity contribution in [3.8, 4) is 0 Å². The third-order valence-corrected chi connectivity index (χ3v) is 3.25. The number of nitrogens with two attached hydrogens (primary N) is 1. The summed E-state index contributed by atoms with van der Waals surface area (Å²) in [7, 11) is 2.18. The van der Waals surface area contributed by atoms with Crippen molar-refractivity contribution in [3.63, 3.8) is 0 Å². The Morgan fingerprint density at radius 3 is 2.77 bits per heavy atom. The summed E-state index contributed by atoms with van der Waals surface area (Å²) in [5, 5.41) is 3.50. The van der Waals surface area contributed by atoms with Crippen LogP contribution in [0.1, 0.15) is 19.3 Å². The Bertz CT molecular complexity index is 168.